The van der Waals surface area contributed by atoms with Crippen LogP contribution in [0.25, 0.3) is 11.1 Å². The number of amides is 1. The number of thiophene rings is 1. The van der Waals surface area contributed by atoms with Crippen LogP contribution in [0.4, 0.5) is 5.69 Å². The Bertz CT molecular complexity index is 991. The average Bonchev–Trinajstić information content (AvgIpc) is 3.11. The van der Waals surface area contributed by atoms with E-state index in [1.54, 1.807) is 25.6 Å². The molecule has 2 aromatic carbocycles. The lowest BCUT2D eigenvalue weighted by Crippen LogP contribution is -2.22. The first-order valence-corrected chi connectivity index (χ1v) is 9.69. The minimum Gasteiger partial charge on any atom is -0.497 e. The summed E-state index contributed by atoms with van der Waals surface area (Å²) in [6.07, 6.45) is 0.406. The molecule has 0 saturated heterocycles. The highest BCUT2D eigenvalue weighted by molar-refractivity contribution is 7.11. The first-order valence-electron chi connectivity index (χ1n) is 8.81. The Morgan fingerprint density at radius 3 is 2.56 bits per heavy atom. The van der Waals surface area contributed by atoms with E-state index in [0.29, 0.717) is 6.42 Å². The molecule has 1 aliphatic heterocycles. The number of ether oxygens (including phenoxy) is 2. The van der Waals surface area contributed by atoms with Gasteiger partial charge >= 0.3 is 0 Å². The van der Waals surface area contributed by atoms with Crippen LogP contribution in [0.15, 0.2) is 47.8 Å². The van der Waals surface area contributed by atoms with Gasteiger partial charge in [0.1, 0.15) is 11.5 Å². The predicted octanol–water partition coefficient (Wildman–Crippen LogP) is 5.21. The van der Waals surface area contributed by atoms with Gasteiger partial charge in [0.15, 0.2) is 0 Å². The third-order valence-electron chi connectivity index (χ3n) is 4.97. The largest absolute Gasteiger partial charge is 0.497 e. The number of fused-ring (bicyclic) bond motifs is 1. The molecule has 0 unspecified atom stereocenters. The standard InChI is InChI=1S/C22H21NO3S/c1-13-4-6-14(7-5-13)18-12-27-22-17(11-20(24)23-21(18)22)16-9-8-15(25-2)10-19(16)26-3/h4-10,12,17H,11H2,1-3H3,(H,23,24)/t17-/m1/s1. The molecule has 1 N–H and O–H groups in total. The lowest BCUT2D eigenvalue weighted by Gasteiger charge is -2.25. The number of rotatable bonds is 4. The summed E-state index contributed by atoms with van der Waals surface area (Å²) in [6, 6.07) is 14.2. The Kier molecular flexibility index (Phi) is 4.62. The van der Waals surface area contributed by atoms with Crippen LogP contribution in [0.2, 0.25) is 0 Å². The molecule has 27 heavy (non-hydrogen) atoms. The number of hydrogen-bond donors (Lipinski definition) is 1. The normalized spacial score (nSPS) is 15.8. The van der Waals surface area contributed by atoms with E-state index in [1.807, 2.05) is 18.2 Å². The number of carbonyl (C=O) groups excluding carboxylic acids is 1. The van der Waals surface area contributed by atoms with Crippen LogP contribution >= 0.6 is 11.3 Å². The summed E-state index contributed by atoms with van der Waals surface area (Å²) >= 11 is 1.68. The maximum atomic E-state index is 12.5. The molecular weight excluding hydrogens is 358 g/mol. The minimum atomic E-state index is -0.0289. The fourth-order valence-corrected chi connectivity index (χ4v) is 4.68. The van der Waals surface area contributed by atoms with Crippen LogP contribution in [0.3, 0.4) is 0 Å². The molecule has 1 amide bonds. The minimum absolute atomic E-state index is 0.0251. The smallest absolute Gasteiger partial charge is 0.225 e. The summed E-state index contributed by atoms with van der Waals surface area (Å²) in [5, 5.41) is 5.22. The van der Waals surface area contributed by atoms with Crippen LogP contribution < -0.4 is 14.8 Å². The molecule has 0 saturated carbocycles. The molecule has 0 spiro atoms. The summed E-state index contributed by atoms with van der Waals surface area (Å²) in [5.41, 5.74) is 5.32. The van der Waals surface area contributed by atoms with Crippen molar-refractivity contribution in [3.8, 4) is 22.6 Å². The molecule has 0 fully saturated rings. The SMILES string of the molecule is COc1ccc([C@H]2CC(=O)Nc3c(-c4ccc(C)cc4)csc32)c(OC)c1. The van der Waals surface area contributed by atoms with Gasteiger partial charge in [-0.25, -0.2) is 0 Å². The number of aryl methyl sites for hydroxylation is 1. The number of benzene rings is 2. The van der Waals surface area contributed by atoms with Gasteiger partial charge in [0.2, 0.25) is 5.91 Å². The van der Waals surface area contributed by atoms with Gasteiger partial charge in [-0.3, -0.25) is 4.79 Å². The zero-order valence-electron chi connectivity index (χ0n) is 15.5. The third-order valence-corrected chi connectivity index (χ3v) is 6.06. The van der Waals surface area contributed by atoms with Crippen molar-refractivity contribution in [1.29, 1.82) is 0 Å². The van der Waals surface area contributed by atoms with Crippen molar-refractivity contribution in [3.05, 3.63) is 63.8 Å². The van der Waals surface area contributed by atoms with Crippen molar-refractivity contribution in [2.75, 3.05) is 19.5 Å². The summed E-state index contributed by atoms with van der Waals surface area (Å²) in [4.78, 5) is 13.7. The van der Waals surface area contributed by atoms with Crippen molar-refractivity contribution in [1.82, 2.24) is 0 Å². The van der Waals surface area contributed by atoms with E-state index in [-0.39, 0.29) is 11.8 Å². The van der Waals surface area contributed by atoms with Crippen LogP contribution in [-0.2, 0) is 4.79 Å². The summed E-state index contributed by atoms with van der Waals surface area (Å²) in [6.45, 7) is 2.07. The molecule has 3 aromatic rings. The van der Waals surface area contributed by atoms with E-state index in [0.717, 1.165) is 38.8 Å². The summed E-state index contributed by atoms with van der Waals surface area (Å²) in [5.74, 6) is 1.48. The highest BCUT2D eigenvalue weighted by Gasteiger charge is 2.32. The van der Waals surface area contributed by atoms with Gasteiger partial charge in [-0.05, 0) is 18.6 Å². The molecule has 1 atom stereocenters. The molecule has 0 radical (unpaired) electrons. The fourth-order valence-electron chi connectivity index (χ4n) is 3.53. The highest BCUT2D eigenvalue weighted by Crippen LogP contribution is 2.48. The molecule has 1 aliphatic rings. The van der Waals surface area contributed by atoms with E-state index in [9.17, 15) is 4.79 Å². The van der Waals surface area contributed by atoms with Gasteiger partial charge in [0.05, 0.1) is 19.9 Å². The van der Waals surface area contributed by atoms with Crippen molar-refractivity contribution in [2.45, 2.75) is 19.3 Å². The predicted molar refractivity (Wildman–Crippen MR) is 109 cm³/mol. The lowest BCUT2D eigenvalue weighted by molar-refractivity contribution is -0.116. The average molecular weight is 379 g/mol. The molecule has 2 heterocycles. The van der Waals surface area contributed by atoms with Crippen LogP contribution in [0.1, 0.15) is 28.3 Å². The van der Waals surface area contributed by atoms with Crippen LogP contribution in [0, 0.1) is 6.92 Å². The van der Waals surface area contributed by atoms with Gasteiger partial charge in [-0.1, -0.05) is 35.9 Å². The Hall–Kier alpha value is -2.79. The molecule has 0 bridgehead atoms. The number of carbonyl (C=O) groups is 1. The van der Waals surface area contributed by atoms with E-state index in [4.69, 9.17) is 9.47 Å². The van der Waals surface area contributed by atoms with Gasteiger partial charge < -0.3 is 14.8 Å². The second-order valence-corrected chi connectivity index (χ2v) is 7.58. The first kappa shape index (κ1) is 17.6. The molecular formula is C22H21NO3S. The van der Waals surface area contributed by atoms with E-state index in [1.165, 1.54) is 5.56 Å². The molecule has 5 heteroatoms. The second kappa shape index (κ2) is 7.08. The van der Waals surface area contributed by atoms with Gasteiger partial charge in [-0.15, -0.1) is 11.3 Å². The number of methoxy groups -OCH3 is 2. The maximum absolute atomic E-state index is 12.5. The number of hydrogen-bond acceptors (Lipinski definition) is 4. The van der Waals surface area contributed by atoms with Crippen molar-refractivity contribution in [3.63, 3.8) is 0 Å². The molecule has 0 aliphatic carbocycles. The molecule has 1 aromatic heterocycles. The van der Waals surface area contributed by atoms with Gasteiger partial charge in [-0.2, -0.15) is 0 Å². The van der Waals surface area contributed by atoms with Crippen molar-refractivity contribution >= 4 is 22.9 Å². The van der Waals surface area contributed by atoms with E-state index in [2.05, 4.69) is 41.9 Å². The molecule has 4 rings (SSSR count). The zero-order valence-corrected chi connectivity index (χ0v) is 16.4. The molecule has 4 nitrogen and oxygen atoms in total. The number of anilines is 1. The Morgan fingerprint density at radius 1 is 1.07 bits per heavy atom. The van der Waals surface area contributed by atoms with Crippen molar-refractivity contribution < 1.29 is 14.3 Å². The number of nitrogens with one attached hydrogen (secondary N) is 1. The Balaban J connectivity index is 1.81. The van der Waals surface area contributed by atoms with Crippen LogP contribution in [0.5, 0.6) is 11.5 Å². The topological polar surface area (TPSA) is 47.6 Å². The quantitative estimate of drug-likeness (QED) is 0.676. The Morgan fingerprint density at radius 2 is 1.85 bits per heavy atom. The van der Waals surface area contributed by atoms with Crippen molar-refractivity contribution in [2.24, 2.45) is 0 Å². The molecule has 138 valence electrons. The maximum Gasteiger partial charge on any atom is 0.225 e. The van der Waals surface area contributed by atoms with Gasteiger partial charge in [0.25, 0.3) is 0 Å². The van der Waals surface area contributed by atoms with E-state index >= 15 is 0 Å². The van der Waals surface area contributed by atoms with E-state index < -0.39 is 0 Å². The van der Waals surface area contributed by atoms with Crippen LogP contribution in [-0.4, -0.2) is 20.1 Å². The first-order chi connectivity index (χ1) is 13.1. The Labute approximate surface area is 162 Å². The summed E-state index contributed by atoms with van der Waals surface area (Å²) < 4.78 is 10.9. The third kappa shape index (κ3) is 3.19. The lowest BCUT2D eigenvalue weighted by atomic mass is 9.88. The van der Waals surface area contributed by atoms with Gasteiger partial charge in [0, 0.05) is 39.8 Å². The monoisotopic (exact) mass is 379 g/mol. The second-order valence-electron chi connectivity index (χ2n) is 6.67. The zero-order chi connectivity index (χ0) is 19.0. The summed E-state index contributed by atoms with van der Waals surface area (Å²) in [7, 11) is 3.28. The fraction of sp³-hybridized carbons (Fsp3) is 0.227. The highest BCUT2D eigenvalue weighted by atomic mass is 32.1.